The molecule has 0 aliphatic carbocycles. The fraction of sp³-hybridized carbons (Fsp3) is 0.263. The van der Waals surface area contributed by atoms with Gasteiger partial charge in [-0.15, -0.1) is 0 Å². The normalized spacial score (nSPS) is 10.3. The highest BCUT2D eigenvalue weighted by molar-refractivity contribution is 5.96. The molecule has 2 N–H and O–H groups in total. The van der Waals surface area contributed by atoms with Crippen LogP contribution in [0.1, 0.15) is 33.2 Å². The molecule has 0 atom stereocenters. The third kappa shape index (κ3) is 5.61. The van der Waals surface area contributed by atoms with Crippen molar-refractivity contribution < 1.29 is 24.2 Å². The highest BCUT2D eigenvalue weighted by Crippen LogP contribution is 2.18. The summed E-state index contributed by atoms with van der Waals surface area (Å²) in [5.41, 5.74) is 1.47. The molecule has 2 rings (SSSR count). The van der Waals surface area contributed by atoms with Crippen LogP contribution in [0.5, 0.6) is 5.75 Å². The molecule has 0 aliphatic rings. The molecule has 0 radical (unpaired) electrons. The van der Waals surface area contributed by atoms with Crippen LogP contribution in [0.15, 0.2) is 48.5 Å². The standard InChI is InChI=1S/C19H21NO5/c1-2-24-11-12-25-17-6-4-3-5-16(17)18(21)20-13-14-7-9-15(10-8-14)19(22)23/h3-10H,2,11-13H2,1H3,(H,20,21)(H,22,23). The second kappa shape index (κ2) is 9.44. The van der Waals surface area contributed by atoms with Gasteiger partial charge in [-0.2, -0.15) is 0 Å². The lowest BCUT2D eigenvalue weighted by molar-refractivity contribution is 0.0696. The number of nitrogens with one attached hydrogen (secondary N) is 1. The number of carboxylic acids is 1. The zero-order chi connectivity index (χ0) is 18.1. The average molecular weight is 343 g/mol. The molecular weight excluding hydrogens is 322 g/mol. The Bertz CT molecular complexity index is 712. The van der Waals surface area contributed by atoms with E-state index in [1.807, 2.05) is 6.92 Å². The SMILES string of the molecule is CCOCCOc1ccccc1C(=O)NCc1ccc(C(=O)O)cc1. The fourth-order valence-electron chi connectivity index (χ4n) is 2.18. The summed E-state index contributed by atoms with van der Waals surface area (Å²) in [4.78, 5) is 23.2. The lowest BCUT2D eigenvalue weighted by atomic mass is 10.1. The third-order valence-corrected chi connectivity index (χ3v) is 3.48. The van der Waals surface area contributed by atoms with Gasteiger partial charge in [0.25, 0.3) is 5.91 Å². The van der Waals surface area contributed by atoms with Crippen molar-refractivity contribution >= 4 is 11.9 Å². The van der Waals surface area contributed by atoms with E-state index in [0.717, 1.165) is 5.56 Å². The zero-order valence-corrected chi connectivity index (χ0v) is 14.0. The van der Waals surface area contributed by atoms with E-state index >= 15 is 0 Å². The summed E-state index contributed by atoms with van der Waals surface area (Å²) in [5, 5.41) is 11.7. The number of para-hydroxylation sites is 1. The number of benzene rings is 2. The summed E-state index contributed by atoms with van der Waals surface area (Å²) in [5.74, 6) is -0.732. The van der Waals surface area contributed by atoms with E-state index < -0.39 is 5.97 Å². The molecule has 132 valence electrons. The van der Waals surface area contributed by atoms with E-state index in [4.69, 9.17) is 14.6 Å². The van der Waals surface area contributed by atoms with Gasteiger partial charge in [0.2, 0.25) is 0 Å². The van der Waals surface area contributed by atoms with Crippen LogP contribution in [-0.4, -0.2) is 36.8 Å². The number of ether oxygens (including phenoxy) is 2. The topological polar surface area (TPSA) is 84.9 Å². The van der Waals surface area contributed by atoms with Crippen LogP contribution in [0, 0.1) is 0 Å². The zero-order valence-electron chi connectivity index (χ0n) is 14.0. The van der Waals surface area contributed by atoms with Gasteiger partial charge in [0.15, 0.2) is 0 Å². The Morgan fingerprint density at radius 3 is 2.44 bits per heavy atom. The van der Waals surface area contributed by atoms with Crippen LogP contribution in [0.3, 0.4) is 0 Å². The summed E-state index contributed by atoms with van der Waals surface area (Å²) in [7, 11) is 0. The predicted molar refractivity (Wildman–Crippen MR) is 93.0 cm³/mol. The molecule has 25 heavy (non-hydrogen) atoms. The third-order valence-electron chi connectivity index (χ3n) is 3.48. The second-order valence-electron chi connectivity index (χ2n) is 5.23. The van der Waals surface area contributed by atoms with Gasteiger partial charge in [-0.05, 0) is 36.8 Å². The first-order valence-electron chi connectivity index (χ1n) is 8.01. The van der Waals surface area contributed by atoms with Gasteiger partial charge in [-0.1, -0.05) is 24.3 Å². The first kappa shape index (κ1) is 18.5. The lowest BCUT2D eigenvalue weighted by Gasteiger charge is -2.12. The Morgan fingerprint density at radius 1 is 1.04 bits per heavy atom. The van der Waals surface area contributed by atoms with Gasteiger partial charge in [-0.3, -0.25) is 4.79 Å². The molecule has 2 aromatic carbocycles. The van der Waals surface area contributed by atoms with E-state index in [2.05, 4.69) is 5.32 Å². The van der Waals surface area contributed by atoms with Crippen molar-refractivity contribution in [2.24, 2.45) is 0 Å². The van der Waals surface area contributed by atoms with Gasteiger partial charge in [-0.25, -0.2) is 4.79 Å². The van der Waals surface area contributed by atoms with Gasteiger partial charge >= 0.3 is 5.97 Å². The van der Waals surface area contributed by atoms with Crippen molar-refractivity contribution in [3.05, 3.63) is 65.2 Å². The van der Waals surface area contributed by atoms with Gasteiger partial charge in [0.05, 0.1) is 17.7 Å². The fourth-order valence-corrected chi connectivity index (χ4v) is 2.18. The molecule has 6 nitrogen and oxygen atoms in total. The van der Waals surface area contributed by atoms with E-state index in [1.165, 1.54) is 12.1 Å². The molecule has 0 fully saturated rings. The second-order valence-corrected chi connectivity index (χ2v) is 5.23. The average Bonchev–Trinajstić information content (AvgIpc) is 2.64. The van der Waals surface area contributed by atoms with Gasteiger partial charge in [0, 0.05) is 13.2 Å². The number of amides is 1. The maximum absolute atomic E-state index is 12.4. The molecule has 0 bridgehead atoms. The smallest absolute Gasteiger partial charge is 0.335 e. The Morgan fingerprint density at radius 2 is 1.76 bits per heavy atom. The van der Waals surface area contributed by atoms with E-state index in [-0.39, 0.29) is 11.5 Å². The van der Waals surface area contributed by atoms with Crippen LogP contribution < -0.4 is 10.1 Å². The number of carbonyl (C=O) groups is 2. The van der Waals surface area contributed by atoms with Crippen molar-refractivity contribution in [1.29, 1.82) is 0 Å². The summed E-state index contributed by atoms with van der Waals surface area (Å²) >= 11 is 0. The monoisotopic (exact) mass is 343 g/mol. The number of hydrogen-bond donors (Lipinski definition) is 2. The molecule has 0 saturated carbocycles. The molecule has 0 spiro atoms. The first-order valence-corrected chi connectivity index (χ1v) is 8.01. The molecule has 0 saturated heterocycles. The van der Waals surface area contributed by atoms with Crippen LogP contribution in [0.4, 0.5) is 0 Å². The van der Waals surface area contributed by atoms with Crippen molar-refractivity contribution in [2.75, 3.05) is 19.8 Å². The summed E-state index contributed by atoms with van der Waals surface area (Å²) in [6.07, 6.45) is 0. The van der Waals surface area contributed by atoms with Crippen molar-refractivity contribution in [3.63, 3.8) is 0 Å². The Balaban J connectivity index is 1.95. The van der Waals surface area contributed by atoms with Gasteiger partial charge in [0.1, 0.15) is 12.4 Å². The molecule has 6 heteroatoms. The minimum atomic E-state index is -0.978. The van der Waals surface area contributed by atoms with Crippen LogP contribution in [-0.2, 0) is 11.3 Å². The number of carboxylic acid groups (broad SMARTS) is 1. The highest BCUT2D eigenvalue weighted by atomic mass is 16.5. The quantitative estimate of drug-likeness (QED) is 0.684. The van der Waals surface area contributed by atoms with E-state index in [1.54, 1.807) is 36.4 Å². The molecular formula is C19H21NO5. The van der Waals surface area contributed by atoms with E-state index in [0.29, 0.717) is 37.7 Å². The van der Waals surface area contributed by atoms with Gasteiger partial charge < -0.3 is 19.9 Å². The summed E-state index contributed by atoms with van der Waals surface area (Å²) in [6, 6.07) is 13.4. The molecule has 0 aliphatic heterocycles. The Hall–Kier alpha value is -2.86. The predicted octanol–water partition coefficient (Wildman–Crippen LogP) is 2.73. The van der Waals surface area contributed by atoms with Crippen molar-refractivity contribution in [3.8, 4) is 5.75 Å². The molecule has 2 aromatic rings. The Kier molecular flexibility index (Phi) is 6.98. The highest BCUT2D eigenvalue weighted by Gasteiger charge is 2.12. The number of hydrogen-bond acceptors (Lipinski definition) is 4. The Labute approximate surface area is 146 Å². The summed E-state index contributed by atoms with van der Waals surface area (Å²) in [6.45, 7) is 3.65. The van der Waals surface area contributed by atoms with E-state index in [9.17, 15) is 9.59 Å². The number of carbonyl (C=O) groups excluding carboxylic acids is 1. The van der Waals surface area contributed by atoms with Crippen LogP contribution in [0.25, 0.3) is 0 Å². The van der Waals surface area contributed by atoms with Crippen molar-refractivity contribution in [1.82, 2.24) is 5.32 Å². The minimum Gasteiger partial charge on any atom is -0.490 e. The summed E-state index contributed by atoms with van der Waals surface area (Å²) < 4.78 is 10.8. The number of aromatic carboxylic acids is 1. The van der Waals surface area contributed by atoms with Crippen LogP contribution >= 0.6 is 0 Å². The molecule has 0 heterocycles. The first-order chi connectivity index (χ1) is 12.1. The minimum absolute atomic E-state index is 0.211. The molecule has 1 amide bonds. The maximum atomic E-state index is 12.4. The number of rotatable bonds is 9. The maximum Gasteiger partial charge on any atom is 0.335 e. The van der Waals surface area contributed by atoms with Crippen molar-refractivity contribution in [2.45, 2.75) is 13.5 Å². The molecule has 0 unspecified atom stereocenters. The molecule has 0 aromatic heterocycles. The lowest BCUT2D eigenvalue weighted by Crippen LogP contribution is -2.23. The largest absolute Gasteiger partial charge is 0.490 e. The van der Waals surface area contributed by atoms with Crippen LogP contribution in [0.2, 0.25) is 0 Å².